The predicted octanol–water partition coefficient (Wildman–Crippen LogP) is 4.24. The van der Waals surface area contributed by atoms with E-state index < -0.39 is 0 Å². The van der Waals surface area contributed by atoms with E-state index in [-0.39, 0.29) is 5.91 Å². The molecule has 4 aromatic rings. The highest BCUT2D eigenvalue weighted by atomic mass is 16.1. The monoisotopic (exact) mass is 484 g/mol. The van der Waals surface area contributed by atoms with Crippen molar-refractivity contribution in [2.45, 2.75) is 19.3 Å². The lowest BCUT2D eigenvalue weighted by atomic mass is 10.0. The van der Waals surface area contributed by atoms with Gasteiger partial charge in [0, 0.05) is 43.3 Å². The molecular weight excluding hydrogens is 452 g/mol. The Morgan fingerprint density at radius 3 is 2.67 bits per heavy atom. The molecule has 1 aromatic carbocycles. The third kappa shape index (κ3) is 5.46. The summed E-state index contributed by atoms with van der Waals surface area (Å²) in [4.78, 5) is 26.4. The normalized spacial score (nSPS) is 13.8. The number of benzene rings is 1. The molecule has 1 aliphatic heterocycles. The number of amides is 1. The molecule has 3 aromatic heterocycles. The van der Waals surface area contributed by atoms with Gasteiger partial charge in [0.25, 0.3) is 5.91 Å². The first-order valence-corrected chi connectivity index (χ1v) is 12.4. The highest BCUT2D eigenvalue weighted by molar-refractivity contribution is 6.11. The lowest BCUT2D eigenvalue weighted by Gasteiger charge is -2.28. The van der Waals surface area contributed by atoms with Crippen LogP contribution in [0, 0.1) is 0 Å². The summed E-state index contributed by atoms with van der Waals surface area (Å²) in [5, 5.41) is 14.2. The summed E-state index contributed by atoms with van der Waals surface area (Å²) < 4.78 is 0. The van der Waals surface area contributed by atoms with Crippen LogP contribution < -0.4 is 15.5 Å². The van der Waals surface area contributed by atoms with Gasteiger partial charge in [0.05, 0.1) is 29.3 Å². The van der Waals surface area contributed by atoms with E-state index in [9.17, 15) is 4.79 Å². The number of aromatic amines is 1. The Hall–Kier alpha value is -3.98. The van der Waals surface area contributed by atoms with E-state index in [0.29, 0.717) is 11.4 Å². The molecule has 9 heteroatoms. The number of hydrogen-bond acceptors (Lipinski definition) is 7. The van der Waals surface area contributed by atoms with Crippen molar-refractivity contribution >= 4 is 34.0 Å². The summed E-state index contributed by atoms with van der Waals surface area (Å²) >= 11 is 0. The minimum absolute atomic E-state index is 0.284. The molecule has 0 atom stereocenters. The molecule has 0 spiro atoms. The van der Waals surface area contributed by atoms with E-state index in [0.717, 1.165) is 59.7 Å². The largest absolute Gasteiger partial charge is 0.370 e. The highest BCUT2D eigenvalue weighted by Crippen LogP contribution is 2.29. The fraction of sp³-hybridized carbons (Fsp3) is 0.333. The maximum atomic E-state index is 13.1. The van der Waals surface area contributed by atoms with Gasteiger partial charge < -0.3 is 20.4 Å². The number of carbonyl (C=O) groups excluding carboxylic acids is 1. The minimum Gasteiger partial charge on any atom is -0.370 e. The number of hydrogen-bond donors (Lipinski definition) is 3. The molecule has 36 heavy (non-hydrogen) atoms. The Morgan fingerprint density at radius 1 is 1.03 bits per heavy atom. The molecule has 186 valence electrons. The van der Waals surface area contributed by atoms with Gasteiger partial charge in [0.2, 0.25) is 0 Å². The predicted molar refractivity (Wildman–Crippen MR) is 145 cm³/mol. The minimum atomic E-state index is -0.284. The van der Waals surface area contributed by atoms with Crippen molar-refractivity contribution in [1.82, 2.24) is 25.1 Å². The van der Waals surface area contributed by atoms with E-state index >= 15 is 0 Å². The number of aromatic nitrogens is 4. The Labute approximate surface area is 210 Å². The maximum absolute atomic E-state index is 13.1. The summed E-state index contributed by atoms with van der Waals surface area (Å²) in [6.07, 6.45) is 9.17. The van der Waals surface area contributed by atoms with Gasteiger partial charge in [-0.2, -0.15) is 5.10 Å². The van der Waals surface area contributed by atoms with Gasteiger partial charge in [-0.05, 0) is 69.3 Å². The van der Waals surface area contributed by atoms with Crippen LogP contribution in [0.1, 0.15) is 29.8 Å². The van der Waals surface area contributed by atoms with Crippen LogP contribution in [-0.2, 0) is 0 Å². The Kier molecular flexibility index (Phi) is 7.08. The first-order valence-electron chi connectivity index (χ1n) is 12.4. The SMILES string of the molecule is CN(C)CCNc1ccc(NC(=O)c2n[nH]c3ccc(-c4cncc(N5CCCCC5)c4)cc23)cn1. The lowest BCUT2D eigenvalue weighted by molar-refractivity contribution is 0.102. The second-order valence-electron chi connectivity index (χ2n) is 9.43. The number of nitrogens with zero attached hydrogens (tertiary/aromatic N) is 5. The first kappa shape index (κ1) is 23.7. The van der Waals surface area contributed by atoms with Crippen molar-refractivity contribution in [3.05, 3.63) is 60.7 Å². The zero-order valence-electron chi connectivity index (χ0n) is 20.8. The molecule has 1 amide bonds. The van der Waals surface area contributed by atoms with Crippen LogP contribution in [0.4, 0.5) is 17.2 Å². The van der Waals surface area contributed by atoms with Crippen LogP contribution in [0.15, 0.2) is 55.0 Å². The van der Waals surface area contributed by atoms with Gasteiger partial charge in [-0.15, -0.1) is 0 Å². The number of piperidine rings is 1. The second-order valence-corrected chi connectivity index (χ2v) is 9.43. The Balaban J connectivity index is 1.32. The van der Waals surface area contributed by atoms with Gasteiger partial charge in [0.15, 0.2) is 5.69 Å². The molecule has 0 bridgehead atoms. The maximum Gasteiger partial charge on any atom is 0.276 e. The van der Waals surface area contributed by atoms with Crippen molar-refractivity contribution in [2.24, 2.45) is 0 Å². The third-order valence-corrected chi connectivity index (χ3v) is 6.44. The molecule has 3 N–H and O–H groups in total. The number of nitrogens with one attached hydrogen (secondary N) is 3. The molecule has 0 unspecified atom stereocenters. The van der Waals surface area contributed by atoms with Crippen LogP contribution in [0.3, 0.4) is 0 Å². The first-order chi connectivity index (χ1) is 17.6. The molecule has 4 heterocycles. The van der Waals surface area contributed by atoms with Crippen LogP contribution in [0.5, 0.6) is 0 Å². The molecule has 0 saturated carbocycles. The number of likely N-dealkylation sites (N-methyl/N-ethyl adjacent to an activating group) is 1. The molecule has 0 radical (unpaired) electrons. The van der Waals surface area contributed by atoms with E-state index in [1.807, 2.05) is 56.8 Å². The Bertz CT molecular complexity index is 1330. The standard InChI is InChI=1S/C27H32N8O/c1-34(2)13-10-29-25-9-7-21(17-30-25)31-27(36)26-23-15-19(6-8-24(23)32-33-26)20-14-22(18-28-16-20)35-11-4-3-5-12-35/h6-9,14-18H,3-5,10-13H2,1-2H3,(H,29,30)(H,31,36)(H,32,33). The van der Waals surface area contributed by atoms with Crippen LogP contribution in [0.2, 0.25) is 0 Å². The van der Waals surface area contributed by atoms with Crippen molar-refractivity contribution in [2.75, 3.05) is 55.8 Å². The highest BCUT2D eigenvalue weighted by Gasteiger charge is 2.17. The molecule has 5 rings (SSSR count). The van der Waals surface area contributed by atoms with Crippen molar-refractivity contribution in [3.8, 4) is 11.1 Å². The molecule has 1 saturated heterocycles. The van der Waals surface area contributed by atoms with E-state index in [1.54, 1.807) is 6.20 Å². The van der Waals surface area contributed by atoms with Crippen molar-refractivity contribution in [1.29, 1.82) is 0 Å². The summed E-state index contributed by atoms with van der Waals surface area (Å²) in [5.41, 5.74) is 4.93. The molecule has 9 nitrogen and oxygen atoms in total. The van der Waals surface area contributed by atoms with Gasteiger partial charge in [-0.25, -0.2) is 4.98 Å². The van der Waals surface area contributed by atoms with Gasteiger partial charge >= 0.3 is 0 Å². The average molecular weight is 485 g/mol. The van der Waals surface area contributed by atoms with E-state index in [2.05, 4.69) is 46.7 Å². The molecule has 0 aliphatic carbocycles. The van der Waals surface area contributed by atoms with Crippen LogP contribution in [-0.4, -0.2) is 71.2 Å². The van der Waals surface area contributed by atoms with E-state index in [4.69, 9.17) is 0 Å². The summed E-state index contributed by atoms with van der Waals surface area (Å²) in [6.45, 7) is 3.84. The summed E-state index contributed by atoms with van der Waals surface area (Å²) in [5.74, 6) is 0.485. The number of H-pyrrole nitrogens is 1. The average Bonchev–Trinajstić information content (AvgIpc) is 3.34. The summed E-state index contributed by atoms with van der Waals surface area (Å²) in [6, 6.07) is 11.9. The lowest BCUT2D eigenvalue weighted by Crippen LogP contribution is -2.29. The zero-order valence-corrected chi connectivity index (χ0v) is 20.8. The topological polar surface area (TPSA) is 102 Å². The van der Waals surface area contributed by atoms with Gasteiger partial charge in [0.1, 0.15) is 5.82 Å². The summed E-state index contributed by atoms with van der Waals surface area (Å²) in [7, 11) is 4.05. The van der Waals surface area contributed by atoms with Gasteiger partial charge in [-0.3, -0.25) is 14.9 Å². The van der Waals surface area contributed by atoms with E-state index in [1.165, 1.54) is 19.3 Å². The number of carbonyl (C=O) groups is 1. The third-order valence-electron chi connectivity index (χ3n) is 6.44. The van der Waals surface area contributed by atoms with Crippen molar-refractivity contribution < 1.29 is 4.79 Å². The molecule has 1 aliphatic rings. The fourth-order valence-corrected chi connectivity index (χ4v) is 4.45. The smallest absolute Gasteiger partial charge is 0.276 e. The van der Waals surface area contributed by atoms with Crippen LogP contribution >= 0.6 is 0 Å². The number of fused-ring (bicyclic) bond motifs is 1. The number of rotatable bonds is 8. The second kappa shape index (κ2) is 10.7. The number of anilines is 3. The Morgan fingerprint density at radius 2 is 1.89 bits per heavy atom. The number of pyridine rings is 2. The fourth-order valence-electron chi connectivity index (χ4n) is 4.45. The quantitative estimate of drug-likeness (QED) is 0.344. The van der Waals surface area contributed by atoms with Gasteiger partial charge in [-0.1, -0.05) is 6.07 Å². The van der Waals surface area contributed by atoms with Crippen LogP contribution in [0.25, 0.3) is 22.0 Å². The zero-order chi connectivity index (χ0) is 24.9. The molecular formula is C27H32N8O. The molecule has 1 fully saturated rings. The van der Waals surface area contributed by atoms with Crippen molar-refractivity contribution in [3.63, 3.8) is 0 Å².